The van der Waals surface area contributed by atoms with Gasteiger partial charge >= 0.3 is 0 Å². The van der Waals surface area contributed by atoms with E-state index >= 15 is 0 Å². The lowest BCUT2D eigenvalue weighted by molar-refractivity contribution is 0.0952. The Bertz CT molecular complexity index is 1650. The molecule has 5 rings (SSSR count). The van der Waals surface area contributed by atoms with Crippen molar-refractivity contribution in [2.75, 3.05) is 11.9 Å². The molecule has 4 N–H and O–H groups in total. The Labute approximate surface area is 216 Å². The quantitative estimate of drug-likeness (QED) is 0.225. The topological polar surface area (TPSA) is 103 Å². The molecule has 186 valence electrons. The highest BCUT2D eigenvalue weighted by molar-refractivity contribution is 6.30. The smallest absolute Gasteiger partial charge is 0.261 e. The number of H-pyrrole nitrogens is 2. The summed E-state index contributed by atoms with van der Waals surface area (Å²) in [5.74, 6) is -0.452. The molecule has 0 radical (unpaired) electrons. The van der Waals surface area contributed by atoms with Crippen molar-refractivity contribution in [2.45, 2.75) is 13.0 Å². The Morgan fingerprint density at radius 3 is 2.70 bits per heavy atom. The van der Waals surface area contributed by atoms with Crippen molar-refractivity contribution in [3.63, 3.8) is 0 Å². The minimum Gasteiger partial charge on any atom is -0.384 e. The van der Waals surface area contributed by atoms with Crippen molar-refractivity contribution in [2.24, 2.45) is 0 Å². The number of nitrogens with zero attached hydrogens (tertiary/aromatic N) is 1. The number of benzene rings is 3. The van der Waals surface area contributed by atoms with Gasteiger partial charge in [0.2, 0.25) is 0 Å². The standard InChI is InChI=1S/C28H23ClFN5O2/c29-19-7-3-5-17(15-19)11-13-31-22-12-14-32-28(37)24(22)26-34-23-10-4-8-20(25(23)35-26)27(36)33-16-18-6-1-2-9-21(18)30/h1-10,12,14-15H,11,13,16H2,(H,33,36)(H,34,35)(H2,31,32,37). The third-order valence-corrected chi connectivity index (χ3v) is 6.21. The molecule has 0 bridgehead atoms. The molecule has 9 heteroatoms. The molecule has 0 aliphatic heterocycles. The maximum Gasteiger partial charge on any atom is 0.261 e. The second-order valence-electron chi connectivity index (χ2n) is 8.46. The number of carbonyl (C=O) groups is 1. The van der Waals surface area contributed by atoms with E-state index in [2.05, 4.69) is 25.6 Å². The zero-order valence-electron chi connectivity index (χ0n) is 19.6. The van der Waals surface area contributed by atoms with Crippen LogP contribution in [0.3, 0.4) is 0 Å². The van der Waals surface area contributed by atoms with Gasteiger partial charge in [-0.25, -0.2) is 9.37 Å². The van der Waals surface area contributed by atoms with Gasteiger partial charge in [0.25, 0.3) is 11.5 Å². The Morgan fingerprint density at radius 2 is 1.86 bits per heavy atom. The van der Waals surface area contributed by atoms with Crippen molar-refractivity contribution < 1.29 is 9.18 Å². The third kappa shape index (κ3) is 5.39. The third-order valence-electron chi connectivity index (χ3n) is 5.97. The number of amides is 1. The van der Waals surface area contributed by atoms with E-state index in [1.807, 2.05) is 24.3 Å². The van der Waals surface area contributed by atoms with Gasteiger partial charge in [0.15, 0.2) is 0 Å². The summed E-state index contributed by atoms with van der Waals surface area (Å²) in [6, 6.07) is 20.8. The first-order valence-electron chi connectivity index (χ1n) is 11.7. The van der Waals surface area contributed by atoms with Crippen LogP contribution in [0.2, 0.25) is 5.02 Å². The first kappa shape index (κ1) is 24.3. The van der Waals surface area contributed by atoms with Gasteiger partial charge < -0.3 is 20.6 Å². The molecule has 0 spiro atoms. The minimum atomic E-state index is -0.395. The summed E-state index contributed by atoms with van der Waals surface area (Å²) in [7, 11) is 0. The fourth-order valence-electron chi connectivity index (χ4n) is 4.14. The van der Waals surface area contributed by atoms with Gasteiger partial charge in [-0.2, -0.15) is 0 Å². The number of carbonyl (C=O) groups excluding carboxylic acids is 1. The molecule has 1 amide bonds. The number of imidazole rings is 1. The SMILES string of the molecule is O=C(NCc1ccccc1F)c1cccc2[nH]c(-c3c(NCCc4cccc(Cl)c4)cc[nH]c3=O)nc12. The van der Waals surface area contributed by atoms with E-state index in [0.29, 0.717) is 57.2 Å². The number of fused-ring (bicyclic) bond motifs is 1. The molecule has 0 unspecified atom stereocenters. The van der Waals surface area contributed by atoms with Crippen LogP contribution in [0.5, 0.6) is 0 Å². The summed E-state index contributed by atoms with van der Waals surface area (Å²) in [6.45, 7) is 0.610. The molecular weight excluding hydrogens is 493 g/mol. The highest BCUT2D eigenvalue weighted by atomic mass is 35.5. The van der Waals surface area contributed by atoms with E-state index in [9.17, 15) is 14.0 Å². The second-order valence-corrected chi connectivity index (χ2v) is 8.90. The number of halogens is 2. The maximum absolute atomic E-state index is 14.0. The molecule has 0 aliphatic rings. The van der Waals surface area contributed by atoms with E-state index in [1.165, 1.54) is 6.07 Å². The average molecular weight is 516 g/mol. The van der Waals surface area contributed by atoms with Crippen LogP contribution in [0, 0.1) is 5.82 Å². The molecule has 7 nitrogen and oxygen atoms in total. The second kappa shape index (κ2) is 10.7. The first-order valence-corrected chi connectivity index (χ1v) is 12.1. The van der Waals surface area contributed by atoms with Gasteiger partial charge in [0.1, 0.15) is 22.7 Å². The lowest BCUT2D eigenvalue weighted by atomic mass is 10.1. The Balaban J connectivity index is 1.39. The average Bonchev–Trinajstić information content (AvgIpc) is 3.32. The van der Waals surface area contributed by atoms with E-state index in [1.54, 1.807) is 48.7 Å². The number of pyridine rings is 1. The fourth-order valence-corrected chi connectivity index (χ4v) is 4.35. The number of hydrogen-bond acceptors (Lipinski definition) is 4. The maximum atomic E-state index is 14.0. The zero-order chi connectivity index (χ0) is 25.8. The van der Waals surface area contributed by atoms with Gasteiger partial charge in [0, 0.05) is 29.9 Å². The molecule has 0 atom stereocenters. The Morgan fingerprint density at radius 1 is 1.03 bits per heavy atom. The van der Waals surface area contributed by atoms with Gasteiger partial charge in [-0.3, -0.25) is 9.59 Å². The summed E-state index contributed by atoms with van der Waals surface area (Å²) in [4.78, 5) is 36.2. The number of hydrogen-bond donors (Lipinski definition) is 4. The molecule has 37 heavy (non-hydrogen) atoms. The first-order chi connectivity index (χ1) is 18.0. The van der Waals surface area contributed by atoms with E-state index in [4.69, 9.17) is 11.6 Å². The van der Waals surface area contributed by atoms with Crippen molar-refractivity contribution in [3.8, 4) is 11.4 Å². The lowest BCUT2D eigenvalue weighted by Crippen LogP contribution is -2.23. The molecule has 0 saturated carbocycles. The fraction of sp³-hybridized carbons (Fsp3) is 0.107. The molecule has 2 heterocycles. The number of nitrogens with one attached hydrogen (secondary N) is 4. The predicted molar refractivity (Wildman–Crippen MR) is 143 cm³/mol. The molecule has 0 saturated heterocycles. The predicted octanol–water partition coefficient (Wildman–Crippen LogP) is 5.30. The molecular formula is C28H23ClFN5O2. The van der Waals surface area contributed by atoms with E-state index in [0.717, 1.165) is 5.56 Å². The van der Waals surface area contributed by atoms with Gasteiger partial charge in [0.05, 0.1) is 16.8 Å². The summed E-state index contributed by atoms with van der Waals surface area (Å²) in [5.41, 5.74) is 3.41. The monoisotopic (exact) mass is 515 g/mol. The van der Waals surface area contributed by atoms with Gasteiger partial charge in [-0.1, -0.05) is 48.0 Å². The number of aromatic nitrogens is 3. The van der Waals surface area contributed by atoms with Gasteiger partial charge in [-0.05, 0) is 48.4 Å². The number of para-hydroxylation sites is 1. The number of anilines is 1. The van der Waals surface area contributed by atoms with Crippen LogP contribution in [0.4, 0.5) is 10.1 Å². The Kier molecular flexibility index (Phi) is 7.00. The molecule has 0 aliphatic carbocycles. The van der Waals surface area contributed by atoms with Crippen molar-refractivity contribution >= 4 is 34.2 Å². The van der Waals surface area contributed by atoms with Crippen LogP contribution in [0.25, 0.3) is 22.4 Å². The van der Waals surface area contributed by atoms with Crippen LogP contribution in [0.15, 0.2) is 83.8 Å². The van der Waals surface area contributed by atoms with Crippen LogP contribution < -0.4 is 16.2 Å². The van der Waals surface area contributed by atoms with Crippen LogP contribution in [-0.4, -0.2) is 27.4 Å². The largest absolute Gasteiger partial charge is 0.384 e. The van der Waals surface area contributed by atoms with Crippen molar-refractivity contribution in [1.82, 2.24) is 20.3 Å². The molecule has 5 aromatic rings. The molecule has 3 aromatic carbocycles. The summed E-state index contributed by atoms with van der Waals surface area (Å²) in [5, 5.41) is 6.72. The molecule has 2 aromatic heterocycles. The van der Waals surface area contributed by atoms with E-state index in [-0.39, 0.29) is 17.9 Å². The summed E-state index contributed by atoms with van der Waals surface area (Å²) >= 11 is 6.07. The highest BCUT2D eigenvalue weighted by Gasteiger charge is 2.18. The zero-order valence-corrected chi connectivity index (χ0v) is 20.4. The van der Waals surface area contributed by atoms with Crippen LogP contribution >= 0.6 is 11.6 Å². The van der Waals surface area contributed by atoms with Gasteiger partial charge in [-0.15, -0.1) is 0 Å². The summed E-state index contributed by atoms with van der Waals surface area (Å²) < 4.78 is 14.0. The normalized spacial score (nSPS) is 11.0. The van der Waals surface area contributed by atoms with E-state index < -0.39 is 5.91 Å². The Hall–Kier alpha value is -4.43. The van der Waals surface area contributed by atoms with Crippen molar-refractivity contribution in [3.05, 3.63) is 117 Å². The molecule has 0 fully saturated rings. The highest BCUT2D eigenvalue weighted by Crippen LogP contribution is 2.26. The minimum absolute atomic E-state index is 0.0399. The van der Waals surface area contributed by atoms with Crippen LogP contribution in [-0.2, 0) is 13.0 Å². The summed E-state index contributed by atoms with van der Waals surface area (Å²) in [6.07, 6.45) is 2.27. The van der Waals surface area contributed by atoms with Crippen molar-refractivity contribution in [1.29, 1.82) is 0 Å². The lowest BCUT2D eigenvalue weighted by Gasteiger charge is -2.10. The number of aromatic amines is 2. The number of rotatable bonds is 8. The van der Waals surface area contributed by atoms with Crippen LogP contribution in [0.1, 0.15) is 21.5 Å².